The van der Waals surface area contributed by atoms with Crippen LogP contribution in [0.15, 0.2) is 47.8 Å². The molecule has 1 atom stereocenters. The summed E-state index contributed by atoms with van der Waals surface area (Å²) in [6.45, 7) is 0. The Morgan fingerprint density at radius 2 is 1.81 bits per heavy atom. The minimum Gasteiger partial charge on any atom is -0.481 e. The van der Waals surface area contributed by atoms with Crippen LogP contribution in [-0.4, -0.2) is 23.1 Å². The van der Waals surface area contributed by atoms with E-state index in [1.54, 1.807) is 11.3 Å². The number of carbonyl (C=O) groups is 2. The molecule has 0 aliphatic heterocycles. The van der Waals surface area contributed by atoms with Gasteiger partial charge < -0.3 is 15.7 Å². The van der Waals surface area contributed by atoms with E-state index in [0.717, 1.165) is 11.3 Å². The van der Waals surface area contributed by atoms with E-state index in [9.17, 15) is 9.59 Å². The Balaban J connectivity index is 1.57. The molecule has 0 spiro atoms. The highest BCUT2D eigenvalue weighted by Crippen LogP contribution is 2.25. The third kappa shape index (κ3) is 5.08. The quantitative estimate of drug-likeness (QED) is 0.718. The number of amides is 2. The molecule has 2 amide bonds. The molecule has 0 saturated heterocycles. The number of carboxylic acids is 1. The van der Waals surface area contributed by atoms with Crippen LogP contribution in [-0.2, 0) is 11.2 Å². The standard InChI is InChI=1S/C20H24N2O3S/c23-19(24)15-8-10-16(11-9-15)21-20(25)22-17(18-7-4-12-26-18)13-14-5-2-1-3-6-14/h1-7,12,15-17H,8-11,13H2,(H,23,24)(H2,21,22,25). The Kier molecular flexibility index (Phi) is 6.28. The Labute approximate surface area is 157 Å². The van der Waals surface area contributed by atoms with Gasteiger partial charge in [0, 0.05) is 10.9 Å². The molecule has 1 aliphatic rings. The van der Waals surface area contributed by atoms with E-state index in [1.165, 1.54) is 5.56 Å². The number of urea groups is 1. The molecule has 1 aromatic heterocycles. The minimum absolute atomic E-state index is 0.0475. The number of carboxylic acid groups (broad SMARTS) is 1. The van der Waals surface area contributed by atoms with Crippen LogP contribution in [0.2, 0.25) is 0 Å². The molecule has 26 heavy (non-hydrogen) atoms. The Morgan fingerprint density at radius 3 is 2.42 bits per heavy atom. The van der Waals surface area contributed by atoms with Gasteiger partial charge in [0.25, 0.3) is 0 Å². The zero-order valence-electron chi connectivity index (χ0n) is 14.6. The number of hydrogen-bond acceptors (Lipinski definition) is 3. The molecule has 3 rings (SSSR count). The second kappa shape index (κ2) is 8.85. The Bertz CT molecular complexity index is 710. The number of carbonyl (C=O) groups excluding carboxylic acids is 1. The van der Waals surface area contributed by atoms with Crippen molar-refractivity contribution in [1.29, 1.82) is 0 Å². The molecule has 6 heteroatoms. The lowest BCUT2D eigenvalue weighted by molar-refractivity contribution is -0.142. The maximum Gasteiger partial charge on any atom is 0.315 e. The largest absolute Gasteiger partial charge is 0.481 e. The van der Waals surface area contributed by atoms with E-state index in [0.29, 0.717) is 25.7 Å². The zero-order valence-corrected chi connectivity index (χ0v) is 15.4. The highest BCUT2D eigenvalue weighted by molar-refractivity contribution is 7.10. The molecule has 1 fully saturated rings. The fourth-order valence-corrected chi connectivity index (χ4v) is 4.21. The highest BCUT2D eigenvalue weighted by atomic mass is 32.1. The van der Waals surface area contributed by atoms with Crippen molar-refractivity contribution in [1.82, 2.24) is 10.6 Å². The average molecular weight is 372 g/mol. The first-order valence-electron chi connectivity index (χ1n) is 8.99. The summed E-state index contributed by atoms with van der Waals surface area (Å²) < 4.78 is 0. The van der Waals surface area contributed by atoms with Crippen LogP contribution in [0, 0.1) is 5.92 Å². The van der Waals surface area contributed by atoms with Crippen LogP contribution >= 0.6 is 11.3 Å². The average Bonchev–Trinajstić information content (AvgIpc) is 3.17. The number of thiophene rings is 1. The fourth-order valence-electron chi connectivity index (χ4n) is 3.43. The second-order valence-electron chi connectivity index (χ2n) is 6.76. The third-order valence-corrected chi connectivity index (χ3v) is 5.87. The van der Waals surface area contributed by atoms with Crippen LogP contribution in [0.3, 0.4) is 0 Å². The van der Waals surface area contributed by atoms with Crippen molar-refractivity contribution >= 4 is 23.3 Å². The molecule has 0 bridgehead atoms. The van der Waals surface area contributed by atoms with Crippen molar-refractivity contribution in [3.05, 3.63) is 58.3 Å². The summed E-state index contributed by atoms with van der Waals surface area (Å²) in [6, 6.07) is 13.9. The summed E-state index contributed by atoms with van der Waals surface area (Å²) in [6.07, 6.45) is 3.41. The van der Waals surface area contributed by atoms with E-state index in [4.69, 9.17) is 5.11 Å². The molecule has 138 valence electrons. The molecule has 1 aromatic carbocycles. The summed E-state index contributed by atoms with van der Waals surface area (Å²) in [5.74, 6) is -0.999. The molecule has 5 nitrogen and oxygen atoms in total. The first kappa shape index (κ1) is 18.5. The van der Waals surface area contributed by atoms with Crippen LogP contribution in [0.5, 0.6) is 0 Å². The number of aliphatic carboxylic acids is 1. The van der Waals surface area contributed by atoms with Gasteiger partial charge in [-0.1, -0.05) is 36.4 Å². The molecule has 0 radical (unpaired) electrons. The van der Waals surface area contributed by atoms with Crippen LogP contribution in [0.25, 0.3) is 0 Å². The summed E-state index contributed by atoms with van der Waals surface area (Å²) in [4.78, 5) is 24.6. The van der Waals surface area contributed by atoms with Gasteiger partial charge in [0.1, 0.15) is 0 Å². The van der Waals surface area contributed by atoms with Crippen LogP contribution in [0.4, 0.5) is 4.79 Å². The smallest absolute Gasteiger partial charge is 0.315 e. The normalized spacial score (nSPS) is 20.9. The lowest BCUT2D eigenvalue weighted by Crippen LogP contribution is -2.45. The fraction of sp³-hybridized carbons (Fsp3) is 0.400. The Morgan fingerprint density at radius 1 is 1.08 bits per heavy atom. The summed E-state index contributed by atoms with van der Waals surface area (Å²) in [5, 5.41) is 17.2. The second-order valence-corrected chi connectivity index (χ2v) is 7.74. The van der Waals surface area contributed by atoms with E-state index in [1.807, 2.05) is 35.7 Å². The van der Waals surface area contributed by atoms with E-state index in [-0.39, 0.29) is 24.0 Å². The van der Waals surface area contributed by atoms with Gasteiger partial charge in [-0.05, 0) is 49.1 Å². The first-order valence-corrected chi connectivity index (χ1v) is 9.87. The molecule has 1 saturated carbocycles. The van der Waals surface area contributed by atoms with Gasteiger partial charge in [0.15, 0.2) is 0 Å². The Hall–Kier alpha value is -2.34. The minimum atomic E-state index is -0.728. The highest BCUT2D eigenvalue weighted by Gasteiger charge is 2.27. The van der Waals surface area contributed by atoms with Crippen molar-refractivity contribution in [2.24, 2.45) is 5.92 Å². The SMILES string of the molecule is O=C(NC1CCC(C(=O)O)CC1)NC(Cc1ccccc1)c1cccs1. The number of hydrogen-bond donors (Lipinski definition) is 3. The molecular formula is C20H24N2O3S. The summed E-state index contributed by atoms with van der Waals surface area (Å²) >= 11 is 1.63. The zero-order chi connectivity index (χ0) is 18.4. The van der Waals surface area contributed by atoms with Crippen LogP contribution in [0.1, 0.15) is 42.2 Å². The number of nitrogens with one attached hydrogen (secondary N) is 2. The van der Waals surface area contributed by atoms with Crippen molar-refractivity contribution in [3.63, 3.8) is 0 Å². The van der Waals surface area contributed by atoms with Crippen LogP contribution < -0.4 is 10.6 Å². The molecule has 1 unspecified atom stereocenters. The topological polar surface area (TPSA) is 78.4 Å². The van der Waals surface area contributed by atoms with Gasteiger partial charge in [0.2, 0.25) is 0 Å². The van der Waals surface area contributed by atoms with E-state index >= 15 is 0 Å². The summed E-state index contributed by atoms with van der Waals surface area (Å²) in [5.41, 5.74) is 1.17. The van der Waals surface area contributed by atoms with Gasteiger partial charge in [0.05, 0.1) is 12.0 Å². The van der Waals surface area contributed by atoms with Crippen molar-refractivity contribution in [2.75, 3.05) is 0 Å². The molecular weight excluding hydrogens is 348 g/mol. The number of benzene rings is 1. The molecule has 2 aromatic rings. The van der Waals surface area contributed by atoms with Gasteiger partial charge in [-0.15, -0.1) is 11.3 Å². The summed E-state index contributed by atoms with van der Waals surface area (Å²) in [7, 11) is 0. The third-order valence-electron chi connectivity index (χ3n) is 4.89. The van der Waals surface area contributed by atoms with Crippen molar-refractivity contribution < 1.29 is 14.7 Å². The van der Waals surface area contributed by atoms with Gasteiger partial charge in [-0.2, -0.15) is 0 Å². The lowest BCUT2D eigenvalue weighted by Gasteiger charge is -2.28. The maximum absolute atomic E-state index is 12.5. The van der Waals surface area contributed by atoms with E-state index in [2.05, 4.69) is 22.8 Å². The monoisotopic (exact) mass is 372 g/mol. The first-order chi connectivity index (χ1) is 12.6. The van der Waals surface area contributed by atoms with Gasteiger partial charge in [-0.25, -0.2) is 4.79 Å². The van der Waals surface area contributed by atoms with Gasteiger partial charge >= 0.3 is 12.0 Å². The van der Waals surface area contributed by atoms with Crippen molar-refractivity contribution in [3.8, 4) is 0 Å². The molecule has 1 aliphatic carbocycles. The predicted molar refractivity (Wildman–Crippen MR) is 102 cm³/mol. The van der Waals surface area contributed by atoms with E-state index < -0.39 is 5.97 Å². The predicted octanol–water partition coefficient (Wildman–Crippen LogP) is 3.97. The molecule has 3 N–H and O–H groups in total. The van der Waals surface area contributed by atoms with Crippen molar-refractivity contribution in [2.45, 2.75) is 44.2 Å². The lowest BCUT2D eigenvalue weighted by atomic mass is 9.86. The maximum atomic E-state index is 12.5. The van der Waals surface area contributed by atoms with Gasteiger partial charge in [-0.3, -0.25) is 4.79 Å². The number of rotatable bonds is 6. The molecule has 1 heterocycles.